The van der Waals surface area contributed by atoms with Crippen molar-refractivity contribution in [3.8, 4) is 5.75 Å². The molecular weight excluding hydrogens is 228 g/mol. The van der Waals surface area contributed by atoms with E-state index in [0.717, 1.165) is 18.7 Å². The Kier molecular flexibility index (Phi) is 6.22. The Bertz CT molecular complexity index is 380. The van der Waals surface area contributed by atoms with Crippen LogP contribution in [0.25, 0.3) is 0 Å². The summed E-state index contributed by atoms with van der Waals surface area (Å²) in [6.45, 7) is 6.81. The van der Waals surface area contributed by atoms with E-state index < -0.39 is 0 Å². The molecule has 0 unspecified atom stereocenters. The Morgan fingerprint density at radius 3 is 2.72 bits per heavy atom. The van der Waals surface area contributed by atoms with Crippen molar-refractivity contribution in [1.29, 1.82) is 0 Å². The van der Waals surface area contributed by atoms with E-state index in [-0.39, 0.29) is 11.7 Å². The molecule has 1 heterocycles. The lowest BCUT2D eigenvalue weighted by molar-refractivity contribution is -0.132. The normalized spacial score (nSPS) is 15.0. The fourth-order valence-electron chi connectivity index (χ4n) is 1.69. The first-order valence-corrected chi connectivity index (χ1v) is 6.43. The number of rotatable bonds is 2. The number of nitrogens with one attached hydrogen (secondary N) is 1. The van der Waals surface area contributed by atoms with Crippen molar-refractivity contribution in [2.24, 2.45) is 0 Å². The molecule has 0 bridgehead atoms. The second-order valence-corrected chi connectivity index (χ2v) is 4.37. The molecule has 1 aliphatic heterocycles. The van der Waals surface area contributed by atoms with Crippen LogP contribution in [0.3, 0.4) is 0 Å². The summed E-state index contributed by atoms with van der Waals surface area (Å²) >= 11 is 0. The molecule has 0 saturated carbocycles. The molecule has 1 fully saturated rings. The van der Waals surface area contributed by atoms with Gasteiger partial charge in [-0.2, -0.15) is 0 Å². The first-order chi connectivity index (χ1) is 8.67. The number of hydrogen-bond donors (Lipinski definition) is 2. The van der Waals surface area contributed by atoms with Crippen LogP contribution in [-0.4, -0.2) is 35.5 Å². The zero-order valence-corrected chi connectivity index (χ0v) is 11.1. The van der Waals surface area contributed by atoms with Gasteiger partial charge in [-0.25, -0.2) is 0 Å². The van der Waals surface area contributed by atoms with Gasteiger partial charge in [-0.3, -0.25) is 4.79 Å². The summed E-state index contributed by atoms with van der Waals surface area (Å²) in [6, 6.07) is 7.02. The lowest BCUT2D eigenvalue weighted by atomic mass is 10.2. The molecule has 1 aliphatic rings. The first kappa shape index (κ1) is 14.5. The van der Waals surface area contributed by atoms with Gasteiger partial charge in [0, 0.05) is 19.6 Å². The van der Waals surface area contributed by atoms with Gasteiger partial charge in [0.05, 0.1) is 6.54 Å². The van der Waals surface area contributed by atoms with Gasteiger partial charge < -0.3 is 15.3 Å². The number of carbonyl (C=O) groups is 1. The molecule has 0 atom stereocenters. The van der Waals surface area contributed by atoms with Gasteiger partial charge in [-0.05, 0) is 17.7 Å². The maximum atomic E-state index is 11.5. The number of carbonyl (C=O) groups excluding carboxylic acids is 1. The summed E-state index contributed by atoms with van der Waals surface area (Å²) in [5, 5.41) is 12.3. The molecule has 1 amide bonds. The van der Waals surface area contributed by atoms with Crippen LogP contribution in [0, 0.1) is 0 Å². The number of aromatic hydroxyl groups is 1. The van der Waals surface area contributed by atoms with Crippen molar-refractivity contribution >= 4 is 5.91 Å². The number of hydrogen-bond acceptors (Lipinski definition) is 3. The molecule has 0 aromatic heterocycles. The molecule has 1 aromatic rings. The summed E-state index contributed by atoms with van der Waals surface area (Å²) < 4.78 is 0. The Balaban J connectivity index is 0.000000492. The molecule has 0 aliphatic carbocycles. The highest BCUT2D eigenvalue weighted by Gasteiger charge is 2.17. The molecule has 18 heavy (non-hydrogen) atoms. The number of phenolic OH excluding ortho intramolecular Hbond substituents is 1. The number of phenols is 1. The summed E-state index contributed by atoms with van der Waals surface area (Å²) in [4.78, 5) is 13.3. The number of benzene rings is 1. The van der Waals surface area contributed by atoms with Crippen molar-refractivity contribution in [3.05, 3.63) is 29.8 Å². The van der Waals surface area contributed by atoms with Gasteiger partial charge in [-0.1, -0.05) is 32.4 Å². The van der Waals surface area contributed by atoms with Crippen molar-refractivity contribution in [2.75, 3.05) is 19.6 Å². The smallest absolute Gasteiger partial charge is 0.236 e. The van der Waals surface area contributed by atoms with Crippen LogP contribution in [0.15, 0.2) is 24.3 Å². The lowest BCUT2D eigenvalue weighted by Gasteiger charge is -2.27. The van der Waals surface area contributed by atoms with Gasteiger partial charge in [0.2, 0.25) is 5.91 Å². The van der Waals surface area contributed by atoms with E-state index in [1.807, 2.05) is 6.07 Å². The van der Waals surface area contributed by atoms with Crippen LogP contribution in [-0.2, 0) is 11.3 Å². The topological polar surface area (TPSA) is 52.6 Å². The van der Waals surface area contributed by atoms with Crippen LogP contribution >= 0.6 is 0 Å². The van der Waals surface area contributed by atoms with E-state index in [0.29, 0.717) is 13.1 Å². The summed E-state index contributed by atoms with van der Waals surface area (Å²) in [6.07, 6.45) is 1.25. The van der Waals surface area contributed by atoms with E-state index in [4.69, 9.17) is 0 Å². The van der Waals surface area contributed by atoms with Gasteiger partial charge in [-0.15, -0.1) is 0 Å². The predicted octanol–water partition coefficient (Wildman–Crippen LogP) is 1.74. The van der Waals surface area contributed by atoms with Crippen LogP contribution < -0.4 is 5.32 Å². The zero-order chi connectivity index (χ0) is 13.4. The van der Waals surface area contributed by atoms with E-state index in [1.54, 1.807) is 23.1 Å². The maximum absolute atomic E-state index is 11.5. The second kappa shape index (κ2) is 7.71. The highest BCUT2D eigenvalue weighted by atomic mass is 16.3. The summed E-state index contributed by atoms with van der Waals surface area (Å²) in [5.41, 5.74) is 0.963. The van der Waals surface area contributed by atoms with Gasteiger partial charge in [0.15, 0.2) is 0 Å². The fraction of sp³-hybridized carbons (Fsp3) is 0.500. The average Bonchev–Trinajstić information content (AvgIpc) is 2.33. The van der Waals surface area contributed by atoms with Crippen LogP contribution in [0.5, 0.6) is 5.75 Å². The molecule has 2 rings (SSSR count). The van der Waals surface area contributed by atoms with E-state index >= 15 is 0 Å². The fourth-order valence-corrected chi connectivity index (χ4v) is 1.69. The minimum absolute atomic E-state index is 0.115. The third-order valence-corrected chi connectivity index (χ3v) is 2.47. The van der Waals surface area contributed by atoms with Gasteiger partial charge in [0.1, 0.15) is 5.75 Å². The van der Waals surface area contributed by atoms with E-state index in [1.165, 1.54) is 6.42 Å². The van der Waals surface area contributed by atoms with Crippen molar-refractivity contribution < 1.29 is 9.90 Å². The van der Waals surface area contributed by atoms with E-state index in [2.05, 4.69) is 19.2 Å². The SMILES string of the molecule is CCC.O=C1CNCCN1Cc1cccc(O)c1. The minimum atomic E-state index is 0.115. The quantitative estimate of drug-likeness (QED) is 0.840. The molecule has 1 saturated heterocycles. The Labute approximate surface area is 109 Å². The number of amides is 1. The Hall–Kier alpha value is -1.55. The Morgan fingerprint density at radius 1 is 1.39 bits per heavy atom. The third kappa shape index (κ3) is 4.75. The van der Waals surface area contributed by atoms with Crippen molar-refractivity contribution in [2.45, 2.75) is 26.8 Å². The summed E-state index contributed by atoms with van der Waals surface area (Å²) in [5.74, 6) is 0.361. The highest BCUT2D eigenvalue weighted by molar-refractivity contribution is 5.79. The van der Waals surface area contributed by atoms with Gasteiger partial charge >= 0.3 is 0 Å². The Morgan fingerprint density at radius 2 is 2.11 bits per heavy atom. The zero-order valence-electron chi connectivity index (χ0n) is 11.1. The maximum Gasteiger partial charge on any atom is 0.236 e. The molecule has 4 heteroatoms. The molecular formula is C14H22N2O2. The van der Waals surface area contributed by atoms with Gasteiger partial charge in [0.25, 0.3) is 0 Å². The second-order valence-electron chi connectivity index (χ2n) is 4.37. The van der Waals surface area contributed by atoms with Crippen LogP contribution in [0.2, 0.25) is 0 Å². The third-order valence-electron chi connectivity index (χ3n) is 2.47. The molecule has 1 aromatic carbocycles. The molecule has 2 N–H and O–H groups in total. The standard InChI is InChI=1S/C11H14N2O2.C3H8/c14-10-3-1-2-9(6-10)8-13-5-4-12-7-11(13)15;1-3-2/h1-3,6,12,14H,4-5,7-8H2;3H2,1-2H3. The monoisotopic (exact) mass is 250 g/mol. The minimum Gasteiger partial charge on any atom is -0.508 e. The molecule has 0 spiro atoms. The number of piperazine rings is 1. The average molecular weight is 250 g/mol. The molecule has 100 valence electrons. The van der Waals surface area contributed by atoms with Crippen molar-refractivity contribution in [3.63, 3.8) is 0 Å². The van der Waals surface area contributed by atoms with Crippen LogP contribution in [0.4, 0.5) is 0 Å². The lowest BCUT2D eigenvalue weighted by Crippen LogP contribution is -2.47. The van der Waals surface area contributed by atoms with E-state index in [9.17, 15) is 9.90 Å². The largest absolute Gasteiger partial charge is 0.508 e. The molecule has 0 radical (unpaired) electrons. The number of nitrogens with zero attached hydrogens (tertiary/aromatic N) is 1. The van der Waals surface area contributed by atoms with Crippen LogP contribution in [0.1, 0.15) is 25.8 Å². The first-order valence-electron chi connectivity index (χ1n) is 6.43. The highest BCUT2D eigenvalue weighted by Crippen LogP contribution is 2.13. The summed E-state index contributed by atoms with van der Waals surface area (Å²) in [7, 11) is 0. The van der Waals surface area contributed by atoms with Crippen molar-refractivity contribution in [1.82, 2.24) is 10.2 Å². The predicted molar refractivity (Wildman–Crippen MR) is 72.4 cm³/mol. The molecule has 4 nitrogen and oxygen atoms in total.